The van der Waals surface area contributed by atoms with Gasteiger partial charge in [0.1, 0.15) is 11.2 Å². The van der Waals surface area contributed by atoms with Crippen molar-refractivity contribution >= 4 is 21.9 Å². The van der Waals surface area contributed by atoms with E-state index in [0.29, 0.717) is 17.5 Å². The van der Waals surface area contributed by atoms with Gasteiger partial charge < -0.3 is 4.42 Å². The molecule has 0 fully saturated rings. The Morgan fingerprint density at radius 3 is 1.48 bits per heavy atom. The quantitative estimate of drug-likeness (QED) is 0.161. The van der Waals surface area contributed by atoms with Crippen LogP contribution in [-0.4, -0.2) is 15.0 Å². The molecule has 302 valence electrons. The fourth-order valence-corrected chi connectivity index (χ4v) is 9.61. The molecule has 64 heavy (non-hydrogen) atoms. The monoisotopic (exact) mass is 819 g/mol. The van der Waals surface area contributed by atoms with Gasteiger partial charge in [0.2, 0.25) is 0 Å². The van der Waals surface area contributed by atoms with Gasteiger partial charge in [0.25, 0.3) is 0 Å². The first-order valence-corrected chi connectivity index (χ1v) is 21.8. The van der Waals surface area contributed by atoms with E-state index >= 15 is 0 Å². The number of fused-ring (bicyclic) bond motifs is 6. The van der Waals surface area contributed by atoms with Crippen molar-refractivity contribution in [2.24, 2.45) is 0 Å². The molecule has 1 aliphatic rings. The van der Waals surface area contributed by atoms with Gasteiger partial charge in [-0.2, -0.15) is 0 Å². The molecule has 4 heteroatoms. The summed E-state index contributed by atoms with van der Waals surface area (Å²) < 4.78 is 6.62. The maximum atomic E-state index is 6.62. The fraction of sp³-hybridized carbons (Fsp3) is 0.0500. The number of hydrogen-bond donors (Lipinski definition) is 0. The Morgan fingerprint density at radius 1 is 0.312 bits per heavy atom. The van der Waals surface area contributed by atoms with E-state index in [9.17, 15) is 0 Å². The lowest BCUT2D eigenvalue weighted by molar-refractivity contribution is 0.660. The van der Waals surface area contributed by atoms with Crippen LogP contribution in [0.1, 0.15) is 25.0 Å². The van der Waals surface area contributed by atoms with Crippen molar-refractivity contribution in [2.45, 2.75) is 19.3 Å². The van der Waals surface area contributed by atoms with Gasteiger partial charge in [-0.3, -0.25) is 0 Å². The molecule has 0 spiro atoms. The van der Waals surface area contributed by atoms with Crippen LogP contribution < -0.4 is 0 Å². The number of furan rings is 1. The molecule has 2 aromatic heterocycles. The summed E-state index contributed by atoms with van der Waals surface area (Å²) in [7, 11) is 0. The summed E-state index contributed by atoms with van der Waals surface area (Å²) in [6.07, 6.45) is 0. The third kappa shape index (κ3) is 6.42. The van der Waals surface area contributed by atoms with E-state index in [1.165, 1.54) is 33.4 Å². The molecule has 4 nitrogen and oxygen atoms in total. The maximum Gasteiger partial charge on any atom is 0.164 e. The summed E-state index contributed by atoms with van der Waals surface area (Å²) in [6, 6.07) is 75.0. The average molecular weight is 820 g/mol. The average Bonchev–Trinajstić information content (AvgIpc) is 3.85. The van der Waals surface area contributed by atoms with Gasteiger partial charge in [0.05, 0.1) is 0 Å². The summed E-state index contributed by atoms with van der Waals surface area (Å²) in [5, 5.41) is 2.13. The fourth-order valence-electron chi connectivity index (χ4n) is 9.61. The molecule has 0 unspecified atom stereocenters. The van der Waals surface area contributed by atoms with E-state index in [2.05, 4.69) is 208 Å². The zero-order valence-electron chi connectivity index (χ0n) is 35.5. The normalized spacial score (nSPS) is 12.7. The smallest absolute Gasteiger partial charge is 0.164 e. The van der Waals surface area contributed by atoms with Crippen LogP contribution in [-0.2, 0) is 5.41 Å². The van der Waals surface area contributed by atoms with Gasteiger partial charge in [0, 0.05) is 32.9 Å². The van der Waals surface area contributed by atoms with Crippen LogP contribution in [0.3, 0.4) is 0 Å². The van der Waals surface area contributed by atoms with E-state index in [4.69, 9.17) is 19.4 Å². The first-order valence-electron chi connectivity index (χ1n) is 21.8. The number of aromatic nitrogens is 3. The third-order valence-corrected chi connectivity index (χ3v) is 13.0. The van der Waals surface area contributed by atoms with Gasteiger partial charge in [0.15, 0.2) is 17.5 Å². The second-order valence-corrected chi connectivity index (χ2v) is 17.2. The van der Waals surface area contributed by atoms with Crippen LogP contribution in [0.2, 0.25) is 0 Å². The summed E-state index contributed by atoms with van der Waals surface area (Å²) in [5.41, 5.74) is 18.7. The zero-order valence-corrected chi connectivity index (χ0v) is 35.5. The van der Waals surface area contributed by atoms with Crippen molar-refractivity contribution in [3.8, 4) is 89.8 Å². The molecule has 0 amide bonds. The van der Waals surface area contributed by atoms with Gasteiger partial charge in [-0.15, -0.1) is 0 Å². The van der Waals surface area contributed by atoms with E-state index < -0.39 is 0 Å². The molecule has 1 aliphatic carbocycles. The lowest BCUT2D eigenvalue weighted by atomic mass is 9.81. The molecular formula is C60H41N3O. The van der Waals surface area contributed by atoms with Crippen molar-refractivity contribution in [3.63, 3.8) is 0 Å². The Labute approximate surface area is 372 Å². The summed E-state index contributed by atoms with van der Waals surface area (Å²) in [6.45, 7) is 4.65. The largest absolute Gasteiger partial charge is 0.456 e. The van der Waals surface area contributed by atoms with Crippen LogP contribution in [0, 0.1) is 0 Å². The molecule has 0 radical (unpaired) electrons. The number of nitrogens with zero attached hydrogens (tertiary/aromatic N) is 3. The zero-order chi connectivity index (χ0) is 42.8. The first kappa shape index (κ1) is 37.5. The van der Waals surface area contributed by atoms with Crippen molar-refractivity contribution < 1.29 is 4.42 Å². The van der Waals surface area contributed by atoms with Gasteiger partial charge in [-0.25, -0.2) is 15.0 Å². The highest BCUT2D eigenvalue weighted by atomic mass is 16.3. The highest BCUT2D eigenvalue weighted by molar-refractivity contribution is 6.13. The Bertz CT molecular complexity index is 3550. The lowest BCUT2D eigenvalue weighted by Gasteiger charge is -2.22. The molecule has 12 rings (SSSR count). The molecule has 0 bridgehead atoms. The maximum absolute atomic E-state index is 6.62. The topological polar surface area (TPSA) is 51.8 Å². The van der Waals surface area contributed by atoms with Gasteiger partial charge >= 0.3 is 0 Å². The minimum absolute atomic E-state index is 0.0930. The Hall–Kier alpha value is -8.21. The SMILES string of the molecule is CC1(C)c2ccccc2-c2ccc(-c3cccc(-c4nc(-c5ccc(-c6ccccc6)cc5)nc(-c5ccc6c(c5)oc5cccc(-c7ccc(-c8ccccc8)cc7)c56)n4)c3)cc21. The van der Waals surface area contributed by atoms with E-state index in [1.807, 2.05) is 18.2 Å². The molecule has 0 aliphatic heterocycles. The second kappa shape index (κ2) is 15.0. The summed E-state index contributed by atoms with van der Waals surface area (Å²) in [4.78, 5) is 15.5. The molecule has 0 N–H and O–H groups in total. The number of hydrogen-bond acceptors (Lipinski definition) is 4. The Balaban J connectivity index is 0.952. The van der Waals surface area contributed by atoms with Crippen molar-refractivity contribution in [3.05, 3.63) is 223 Å². The minimum Gasteiger partial charge on any atom is -0.456 e. The minimum atomic E-state index is -0.0930. The molecule has 0 atom stereocenters. The molecule has 11 aromatic rings. The highest BCUT2D eigenvalue weighted by Crippen LogP contribution is 2.49. The first-order chi connectivity index (χ1) is 31.4. The van der Waals surface area contributed by atoms with E-state index in [-0.39, 0.29) is 5.41 Å². The lowest BCUT2D eigenvalue weighted by Crippen LogP contribution is -2.14. The Kier molecular flexibility index (Phi) is 8.80. The summed E-state index contributed by atoms with van der Waals surface area (Å²) in [5.74, 6) is 1.79. The van der Waals surface area contributed by atoms with Crippen LogP contribution in [0.5, 0.6) is 0 Å². The Morgan fingerprint density at radius 2 is 0.781 bits per heavy atom. The molecule has 0 saturated carbocycles. The van der Waals surface area contributed by atoms with Crippen molar-refractivity contribution in [1.82, 2.24) is 15.0 Å². The van der Waals surface area contributed by atoms with E-state index in [1.54, 1.807) is 0 Å². The predicted octanol–water partition coefficient (Wildman–Crippen LogP) is 15.7. The molecule has 9 aromatic carbocycles. The van der Waals surface area contributed by atoms with Crippen LogP contribution in [0.15, 0.2) is 217 Å². The molecule has 2 heterocycles. The van der Waals surface area contributed by atoms with E-state index in [0.717, 1.165) is 72.0 Å². The standard InChI is InChI=1S/C60H41N3O/c1-60(2)52-21-10-9-19-49(52)50-33-31-45(36-53(50)60)44-17-11-18-46(35-44)58-61-57(43-29-25-41(26-30-43)39-15-7-4-8-16-39)62-59(63-58)47-32-34-51-55(37-47)64-54-22-12-20-48(56(51)54)42-27-23-40(24-28-42)38-13-5-3-6-14-38/h3-37H,1-2H3. The van der Waals surface area contributed by atoms with Gasteiger partial charge in [-0.1, -0.05) is 196 Å². The summed E-state index contributed by atoms with van der Waals surface area (Å²) >= 11 is 0. The molecule has 0 saturated heterocycles. The highest BCUT2D eigenvalue weighted by Gasteiger charge is 2.35. The predicted molar refractivity (Wildman–Crippen MR) is 263 cm³/mol. The second-order valence-electron chi connectivity index (χ2n) is 17.2. The van der Waals surface area contributed by atoms with Crippen LogP contribution in [0.4, 0.5) is 0 Å². The van der Waals surface area contributed by atoms with Crippen LogP contribution in [0.25, 0.3) is 112 Å². The van der Waals surface area contributed by atoms with Gasteiger partial charge in [-0.05, 0) is 97.1 Å². The van der Waals surface area contributed by atoms with Crippen LogP contribution >= 0.6 is 0 Å². The molecular weight excluding hydrogens is 779 g/mol. The van der Waals surface area contributed by atoms with Crippen molar-refractivity contribution in [2.75, 3.05) is 0 Å². The van der Waals surface area contributed by atoms with Crippen molar-refractivity contribution in [1.29, 1.82) is 0 Å². The number of benzene rings is 9. The third-order valence-electron chi connectivity index (χ3n) is 13.0. The number of rotatable bonds is 7.